The fraction of sp³-hybridized carbons (Fsp3) is 0.100. The molecule has 1 fully saturated rings. The molecular formula is C20H15FO3. The Morgan fingerprint density at radius 1 is 0.708 bits per heavy atom. The first-order chi connectivity index (χ1) is 11.8. The maximum absolute atomic E-state index is 13.1. The lowest BCUT2D eigenvalue weighted by Gasteiger charge is -2.26. The average Bonchev–Trinajstić information content (AvgIpc) is 3.10. The molecule has 0 saturated carbocycles. The number of rotatable bonds is 3. The van der Waals surface area contributed by atoms with Crippen LogP contribution in [0.25, 0.3) is 0 Å². The molecule has 1 heterocycles. The average molecular weight is 322 g/mol. The standard InChI is InChI=1S/C20H15FO3/c21-18-13-11-15(12-14-18)19-22-20(24-23-19,16-7-3-1-4-8-16)17-9-5-2-6-10-17/h1-14,19H. The van der Waals surface area contributed by atoms with E-state index >= 15 is 0 Å². The summed E-state index contributed by atoms with van der Waals surface area (Å²) in [5.41, 5.74) is 2.33. The van der Waals surface area contributed by atoms with E-state index < -0.39 is 12.1 Å². The van der Waals surface area contributed by atoms with Crippen LogP contribution in [0.15, 0.2) is 84.9 Å². The van der Waals surface area contributed by atoms with Gasteiger partial charge in [0.15, 0.2) is 0 Å². The van der Waals surface area contributed by atoms with Crippen LogP contribution in [0.4, 0.5) is 4.39 Å². The Labute approximate surface area is 139 Å². The van der Waals surface area contributed by atoms with Gasteiger partial charge in [0.1, 0.15) is 5.82 Å². The van der Waals surface area contributed by atoms with E-state index in [-0.39, 0.29) is 5.82 Å². The second-order valence-corrected chi connectivity index (χ2v) is 5.53. The molecule has 0 N–H and O–H groups in total. The van der Waals surface area contributed by atoms with Crippen molar-refractivity contribution in [2.75, 3.05) is 0 Å². The normalized spacial score (nSPS) is 19.3. The minimum Gasteiger partial charge on any atom is -0.303 e. The van der Waals surface area contributed by atoms with Gasteiger partial charge in [-0.2, -0.15) is 9.78 Å². The molecule has 3 aromatic carbocycles. The van der Waals surface area contributed by atoms with Gasteiger partial charge in [0.05, 0.1) is 0 Å². The van der Waals surface area contributed by atoms with Crippen LogP contribution < -0.4 is 0 Å². The molecule has 1 atom stereocenters. The molecule has 24 heavy (non-hydrogen) atoms. The molecule has 120 valence electrons. The Morgan fingerprint density at radius 2 is 1.25 bits per heavy atom. The Morgan fingerprint density at radius 3 is 1.79 bits per heavy atom. The molecule has 4 rings (SSSR count). The van der Waals surface area contributed by atoms with E-state index in [1.54, 1.807) is 12.1 Å². The second kappa shape index (κ2) is 6.17. The van der Waals surface area contributed by atoms with Gasteiger partial charge in [-0.25, -0.2) is 4.39 Å². The van der Waals surface area contributed by atoms with Crippen LogP contribution >= 0.6 is 0 Å². The lowest BCUT2D eigenvalue weighted by atomic mass is 9.97. The van der Waals surface area contributed by atoms with Crippen molar-refractivity contribution in [3.05, 3.63) is 107 Å². The Hall–Kier alpha value is -2.53. The predicted octanol–water partition coefficient (Wildman–Crippen LogP) is 4.70. The zero-order chi connectivity index (χ0) is 16.4. The maximum Gasteiger partial charge on any atom is 0.256 e. The molecule has 0 aliphatic carbocycles. The summed E-state index contributed by atoms with van der Waals surface area (Å²) in [6.07, 6.45) is -0.744. The van der Waals surface area contributed by atoms with Crippen molar-refractivity contribution in [1.82, 2.24) is 0 Å². The summed E-state index contributed by atoms with van der Waals surface area (Å²) < 4.78 is 19.3. The molecule has 0 bridgehead atoms. The molecule has 0 aromatic heterocycles. The molecule has 1 saturated heterocycles. The summed E-state index contributed by atoms with van der Waals surface area (Å²) >= 11 is 0. The van der Waals surface area contributed by atoms with Gasteiger partial charge in [-0.1, -0.05) is 72.8 Å². The highest BCUT2D eigenvalue weighted by Crippen LogP contribution is 2.45. The Balaban J connectivity index is 1.75. The van der Waals surface area contributed by atoms with Gasteiger partial charge >= 0.3 is 0 Å². The molecule has 1 unspecified atom stereocenters. The van der Waals surface area contributed by atoms with Crippen molar-refractivity contribution >= 4 is 0 Å². The summed E-state index contributed by atoms with van der Waals surface area (Å²) in [4.78, 5) is 11.2. The molecular weight excluding hydrogens is 307 g/mol. The molecule has 3 aromatic rings. The molecule has 4 heteroatoms. The zero-order valence-corrected chi connectivity index (χ0v) is 12.8. The Bertz CT molecular complexity index is 764. The van der Waals surface area contributed by atoms with Gasteiger partial charge in [-0.05, 0) is 12.1 Å². The smallest absolute Gasteiger partial charge is 0.256 e. The highest BCUT2D eigenvalue weighted by atomic mass is 19.1. The molecule has 1 aliphatic rings. The van der Waals surface area contributed by atoms with Crippen molar-refractivity contribution in [3.8, 4) is 0 Å². The third-order valence-electron chi connectivity index (χ3n) is 3.98. The largest absolute Gasteiger partial charge is 0.303 e. The summed E-state index contributed by atoms with van der Waals surface area (Å²) in [5, 5.41) is 0. The third-order valence-corrected chi connectivity index (χ3v) is 3.98. The van der Waals surface area contributed by atoms with E-state index in [9.17, 15) is 4.39 Å². The van der Waals surface area contributed by atoms with Gasteiger partial charge < -0.3 is 4.74 Å². The molecule has 0 amide bonds. The molecule has 1 aliphatic heterocycles. The molecule has 3 nitrogen and oxygen atoms in total. The minimum atomic E-state index is -1.17. The second-order valence-electron chi connectivity index (χ2n) is 5.53. The first kappa shape index (κ1) is 15.0. The van der Waals surface area contributed by atoms with Gasteiger partial charge in [-0.15, -0.1) is 0 Å². The number of benzene rings is 3. The Kier molecular flexibility index (Phi) is 3.86. The predicted molar refractivity (Wildman–Crippen MR) is 86.1 cm³/mol. The first-order valence-electron chi connectivity index (χ1n) is 7.67. The van der Waals surface area contributed by atoms with E-state index in [2.05, 4.69) is 0 Å². The monoisotopic (exact) mass is 322 g/mol. The van der Waals surface area contributed by atoms with Crippen molar-refractivity contribution in [1.29, 1.82) is 0 Å². The van der Waals surface area contributed by atoms with Crippen LogP contribution in [0.1, 0.15) is 23.0 Å². The summed E-state index contributed by atoms with van der Waals surface area (Å²) in [6.45, 7) is 0. The van der Waals surface area contributed by atoms with Crippen molar-refractivity contribution in [2.45, 2.75) is 12.1 Å². The van der Waals surface area contributed by atoms with Gasteiger partial charge in [0, 0.05) is 16.7 Å². The van der Waals surface area contributed by atoms with Crippen molar-refractivity contribution in [2.24, 2.45) is 0 Å². The summed E-state index contributed by atoms with van der Waals surface area (Å²) in [7, 11) is 0. The van der Waals surface area contributed by atoms with Crippen molar-refractivity contribution < 1.29 is 18.9 Å². The highest BCUT2D eigenvalue weighted by molar-refractivity contribution is 5.34. The van der Waals surface area contributed by atoms with Crippen LogP contribution in [0.2, 0.25) is 0 Å². The van der Waals surface area contributed by atoms with Crippen LogP contribution in [0, 0.1) is 5.82 Å². The van der Waals surface area contributed by atoms with E-state index in [0.717, 1.165) is 11.1 Å². The van der Waals surface area contributed by atoms with Crippen molar-refractivity contribution in [3.63, 3.8) is 0 Å². The number of hydrogen-bond donors (Lipinski definition) is 0. The molecule has 0 radical (unpaired) electrons. The quantitative estimate of drug-likeness (QED) is 0.654. The van der Waals surface area contributed by atoms with E-state index in [1.165, 1.54) is 12.1 Å². The maximum atomic E-state index is 13.1. The third kappa shape index (κ3) is 2.61. The fourth-order valence-corrected chi connectivity index (χ4v) is 2.76. The van der Waals surface area contributed by atoms with Gasteiger partial charge in [0.2, 0.25) is 6.29 Å². The summed E-state index contributed by atoms with van der Waals surface area (Å²) in [5.74, 6) is -1.48. The van der Waals surface area contributed by atoms with Crippen LogP contribution in [-0.2, 0) is 20.3 Å². The SMILES string of the molecule is Fc1ccc(C2OOC(c3ccccc3)(c3ccccc3)O2)cc1. The van der Waals surface area contributed by atoms with Crippen LogP contribution in [0.5, 0.6) is 0 Å². The zero-order valence-electron chi connectivity index (χ0n) is 12.8. The lowest BCUT2D eigenvalue weighted by Crippen LogP contribution is -2.28. The van der Waals surface area contributed by atoms with E-state index in [0.29, 0.717) is 5.56 Å². The van der Waals surface area contributed by atoms with Crippen LogP contribution in [0.3, 0.4) is 0 Å². The van der Waals surface area contributed by atoms with Gasteiger partial charge in [-0.3, -0.25) is 0 Å². The highest BCUT2D eigenvalue weighted by Gasteiger charge is 2.47. The van der Waals surface area contributed by atoms with Crippen LogP contribution in [-0.4, -0.2) is 0 Å². The van der Waals surface area contributed by atoms with E-state index in [4.69, 9.17) is 14.5 Å². The van der Waals surface area contributed by atoms with E-state index in [1.807, 2.05) is 60.7 Å². The van der Waals surface area contributed by atoms with Gasteiger partial charge in [0.25, 0.3) is 5.79 Å². The minimum absolute atomic E-state index is 0.310. The molecule has 0 spiro atoms. The number of ether oxygens (including phenoxy) is 1. The fourth-order valence-electron chi connectivity index (χ4n) is 2.76. The number of hydrogen-bond acceptors (Lipinski definition) is 3. The number of halogens is 1. The first-order valence-corrected chi connectivity index (χ1v) is 7.67. The summed E-state index contributed by atoms with van der Waals surface area (Å²) in [6, 6.07) is 25.2. The topological polar surface area (TPSA) is 27.7 Å². The lowest BCUT2D eigenvalue weighted by molar-refractivity contribution is -0.325.